The summed E-state index contributed by atoms with van der Waals surface area (Å²) >= 11 is 0. The van der Waals surface area contributed by atoms with Gasteiger partial charge in [0.25, 0.3) is 0 Å². The van der Waals surface area contributed by atoms with Gasteiger partial charge in [-0.2, -0.15) is 8.42 Å². The predicted octanol–water partition coefficient (Wildman–Crippen LogP) is 3.89. The molecule has 139 valence electrons. The zero-order chi connectivity index (χ0) is 17.7. The molecule has 0 atom stereocenters. The monoisotopic (exact) mass is 381 g/mol. The predicted molar refractivity (Wildman–Crippen MR) is 101 cm³/mol. The molecular formula is C18H30NaO5S. The van der Waals surface area contributed by atoms with Gasteiger partial charge in [-0.15, -0.1) is 0 Å². The molecule has 0 amide bonds. The fourth-order valence-corrected chi connectivity index (χ4v) is 2.88. The quantitative estimate of drug-likeness (QED) is 0.212. The maximum absolute atomic E-state index is 11.7. The van der Waals surface area contributed by atoms with Crippen molar-refractivity contribution in [3.8, 4) is 5.75 Å². The fraction of sp³-hybridized carbons (Fsp3) is 0.667. The minimum atomic E-state index is -3.75. The summed E-state index contributed by atoms with van der Waals surface area (Å²) in [6.07, 6.45) is 8.11. The number of benzene rings is 1. The van der Waals surface area contributed by atoms with E-state index < -0.39 is 10.1 Å². The van der Waals surface area contributed by atoms with Crippen LogP contribution >= 0.6 is 0 Å². The van der Waals surface area contributed by atoms with E-state index in [4.69, 9.17) is 9.62 Å². The molecule has 5 nitrogen and oxygen atoms in total. The second-order valence-electron chi connectivity index (χ2n) is 5.74. The van der Waals surface area contributed by atoms with Crippen LogP contribution in [0.2, 0.25) is 0 Å². The van der Waals surface area contributed by atoms with Gasteiger partial charge in [0.05, 0.1) is 6.61 Å². The Bertz CT molecular complexity index is 548. The topological polar surface area (TPSA) is 61.8 Å². The van der Waals surface area contributed by atoms with Gasteiger partial charge in [-0.25, -0.2) is 0 Å². The average Bonchev–Trinajstić information content (AvgIpc) is 2.57. The van der Waals surface area contributed by atoms with Crippen molar-refractivity contribution in [3.63, 3.8) is 0 Å². The Morgan fingerprint density at radius 3 is 2.36 bits per heavy atom. The normalized spacial score (nSPS) is 11.1. The first-order chi connectivity index (χ1) is 11.6. The first-order valence-corrected chi connectivity index (χ1v) is 10.4. The van der Waals surface area contributed by atoms with Crippen molar-refractivity contribution >= 4 is 39.7 Å². The molecule has 1 rings (SSSR count). The maximum atomic E-state index is 11.7. The molecule has 7 heteroatoms. The standard InChI is InChI=1S/C18H30O5S.Na/c1-3-5-6-7-8-9-12-17-13-10-11-14-18(17)22-23-24(19,20)16-15-21-4-2;/h10-11,13-14H,3-9,12,15-16H2,1-2H3;. The number of ether oxygens (including phenoxy) is 1. The fourth-order valence-electron chi connectivity index (χ4n) is 2.32. The van der Waals surface area contributed by atoms with Crippen molar-refractivity contribution in [1.82, 2.24) is 0 Å². The summed E-state index contributed by atoms with van der Waals surface area (Å²) in [4.78, 5) is 5.08. The molecule has 25 heavy (non-hydrogen) atoms. The van der Waals surface area contributed by atoms with Gasteiger partial charge in [-0.1, -0.05) is 61.6 Å². The Morgan fingerprint density at radius 1 is 0.960 bits per heavy atom. The number of hydrogen-bond acceptors (Lipinski definition) is 5. The molecule has 0 aromatic heterocycles. The van der Waals surface area contributed by atoms with Crippen LogP contribution in [-0.4, -0.2) is 56.9 Å². The van der Waals surface area contributed by atoms with Crippen LogP contribution in [0.1, 0.15) is 57.9 Å². The van der Waals surface area contributed by atoms with E-state index in [2.05, 4.69) is 11.3 Å². The summed E-state index contributed by atoms with van der Waals surface area (Å²) in [5.74, 6) is 0.242. The summed E-state index contributed by atoms with van der Waals surface area (Å²) in [7, 11) is -3.75. The van der Waals surface area contributed by atoms with E-state index in [0.717, 1.165) is 18.4 Å². The number of unbranched alkanes of at least 4 members (excludes halogenated alkanes) is 5. The van der Waals surface area contributed by atoms with Crippen LogP contribution in [0.5, 0.6) is 5.75 Å². The minimum absolute atomic E-state index is 0. The van der Waals surface area contributed by atoms with Gasteiger partial charge in [-0.3, -0.25) is 0 Å². The Morgan fingerprint density at radius 2 is 1.64 bits per heavy atom. The zero-order valence-electron chi connectivity index (χ0n) is 15.8. The third-order valence-corrected chi connectivity index (χ3v) is 4.62. The van der Waals surface area contributed by atoms with Crippen molar-refractivity contribution in [3.05, 3.63) is 29.8 Å². The van der Waals surface area contributed by atoms with Gasteiger partial charge in [0.2, 0.25) is 0 Å². The number of hydrogen-bond donors (Lipinski definition) is 0. The number of rotatable bonds is 14. The second-order valence-corrected chi connectivity index (χ2v) is 7.40. The zero-order valence-corrected chi connectivity index (χ0v) is 18.6. The Kier molecular flexibility index (Phi) is 14.9. The van der Waals surface area contributed by atoms with Gasteiger partial charge in [-0.05, 0) is 31.4 Å². The van der Waals surface area contributed by atoms with E-state index in [-0.39, 0.29) is 41.9 Å². The summed E-state index contributed by atoms with van der Waals surface area (Å²) in [6, 6.07) is 7.39. The van der Waals surface area contributed by atoms with Crippen LogP contribution in [0, 0.1) is 0 Å². The average molecular weight is 381 g/mol. The number of para-hydroxylation sites is 1. The molecule has 0 aliphatic carbocycles. The third kappa shape index (κ3) is 12.0. The van der Waals surface area contributed by atoms with Gasteiger partial charge in [0, 0.05) is 36.2 Å². The van der Waals surface area contributed by atoms with Crippen molar-refractivity contribution < 1.29 is 22.4 Å². The molecule has 0 saturated carbocycles. The van der Waals surface area contributed by atoms with Gasteiger partial charge in [0.1, 0.15) is 5.75 Å². The summed E-state index contributed by atoms with van der Waals surface area (Å²) in [5, 5.41) is 0. The molecule has 0 aliphatic rings. The smallest absolute Gasteiger partial charge is 0.305 e. The van der Waals surface area contributed by atoms with Gasteiger partial charge in [0.15, 0.2) is 5.75 Å². The van der Waals surface area contributed by atoms with Crippen LogP contribution in [0.25, 0.3) is 0 Å². The van der Waals surface area contributed by atoms with Crippen molar-refractivity contribution in [2.45, 2.75) is 58.8 Å². The molecule has 0 bridgehead atoms. The largest absolute Gasteiger partial charge is 0.381 e. The Balaban J connectivity index is 0.00000576. The summed E-state index contributed by atoms with van der Waals surface area (Å²) < 4.78 is 33.1. The van der Waals surface area contributed by atoms with E-state index >= 15 is 0 Å². The first-order valence-electron chi connectivity index (χ1n) is 8.83. The summed E-state index contributed by atoms with van der Waals surface area (Å²) in [5.41, 5.74) is 0.966. The molecule has 0 N–H and O–H groups in total. The van der Waals surface area contributed by atoms with E-state index in [9.17, 15) is 8.42 Å². The number of aryl methyl sites for hydroxylation is 1. The van der Waals surface area contributed by atoms with E-state index in [1.165, 1.54) is 32.1 Å². The van der Waals surface area contributed by atoms with Crippen LogP contribution in [0.4, 0.5) is 0 Å². The molecule has 0 heterocycles. The van der Waals surface area contributed by atoms with Gasteiger partial charge >= 0.3 is 10.1 Å². The molecular weight excluding hydrogens is 351 g/mol. The maximum Gasteiger partial charge on any atom is 0.305 e. The molecule has 1 aromatic carbocycles. The van der Waals surface area contributed by atoms with E-state index in [1.807, 2.05) is 19.1 Å². The van der Waals surface area contributed by atoms with Crippen LogP contribution in [-0.2, 0) is 25.6 Å². The van der Waals surface area contributed by atoms with Crippen LogP contribution in [0.15, 0.2) is 24.3 Å². The molecule has 0 fully saturated rings. The minimum Gasteiger partial charge on any atom is -0.381 e. The van der Waals surface area contributed by atoms with Crippen molar-refractivity contribution in [2.75, 3.05) is 19.0 Å². The SMILES string of the molecule is CCCCCCCCc1ccccc1OOS(=O)(=O)CCOCC.[Na]. The summed E-state index contributed by atoms with van der Waals surface area (Å²) in [6.45, 7) is 4.58. The third-order valence-electron chi connectivity index (χ3n) is 3.68. The van der Waals surface area contributed by atoms with Crippen molar-refractivity contribution in [1.29, 1.82) is 0 Å². The molecule has 0 saturated heterocycles. The molecule has 1 aromatic rings. The Hall–Kier alpha value is -0.110. The molecule has 0 aliphatic heterocycles. The second kappa shape index (κ2) is 15.0. The van der Waals surface area contributed by atoms with Gasteiger partial charge < -0.3 is 9.62 Å². The van der Waals surface area contributed by atoms with Crippen LogP contribution < -0.4 is 4.89 Å². The van der Waals surface area contributed by atoms with Crippen molar-refractivity contribution in [2.24, 2.45) is 0 Å². The van der Waals surface area contributed by atoms with Crippen LogP contribution in [0.3, 0.4) is 0 Å². The Labute approximate surface area is 174 Å². The molecule has 1 radical (unpaired) electrons. The molecule has 0 spiro atoms. The van der Waals surface area contributed by atoms with E-state index in [1.54, 1.807) is 12.1 Å². The van der Waals surface area contributed by atoms with E-state index in [0.29, 0.717) is 12.4 Å². The molecule has 0 unspecified atom stereocenters. The first kappa shape index (κ1) is 24.9.